The van der Waals surface area contributed by atoms with E-state index in [1.54, 1.807) is 0 Å². The van der Waals surface area contributed by atoms with Crippen molar-refractivity contribution in [2.75, 3.05) is 0 Å². The SMILES string of the molecule is O=CNC(CC(=O)OCc1ccccc1)C(=O)OCc1ccccc1. The summed E-state index contributed by atoms with van der Waals surface area (Å²) in [5.41, 5.74) is 1.65. The summed E-state index contributed by atoms with van der Waals surface area (Å²) in [5.74, 6) is -1.28. The van der Waals surface area contributed by atoms with Gasteiger partial charge in [-0.1, -0.05) is 60.7 Å². The highest BCUT2D eigenvalue weighted by atomic mass is 16.5. The molecule has 0 aliphatic heterocycles. The summed E-state index contributed by atoms with van der Waals surface area (Å²) in [6, 6.07) is 17.2. The second-order valence-electron chi connectivity index (χ2n) is 5.28. The maximum Gasteiger partial charge on any atom is 0.329 e. The fourth-order valence-electron chi connectivity index (χ4n) is 2.09. The average Bonchev–Trinajstić information content (AvgIpc) is 2.66. The van der Waals surface area contributed by atoms with Crippen LogP contribution in [0.1, 0.15) is 17.5 Å². The molecule has 0 bridgehead atoms. The standard InChI is InChI=1S/C19H19NO5/c21-14-20-17(19(23)25-13-16-9-5-2-6-10-16)11-18(22)24-12-15-7-3-1-4-8-15/h1-10,14,17H,11-13H2,(H,20,21). The van der Waals surface area contributed by atoms with Gasteiger partial charge in [0.25, 0.3) is 0 Å². The van der Waals surface area contributed by atoms with Crippen molar-refractivity contribution in [2.45, 2.75) is 25.7 Å². The molecule has 0 spiro atoms. The normalized spacial score (nSPS) is 11.2. The molecular weight excluding hydrogens is 322 g/mol. The second kappa shape index (κ2) is 9.87. The first-order valence-corrected chi connectivity index (χ1v) is 7.79. The molecule has 0 fully saturated rings. The molecule has 1 atom stereocenters. The van der Waals surface area contributed by atoms with Gasteiger partial charge in [-0.2, -0.15) is 0 Å². The van der Waals surface area contributed by atoms with E-state index in [0.717, 1.165) is 11.1 Å². The van der Waals surface area contributed by atoms with E-state index < -0.39 is 18.0 Å². The highest BCUT2D eigenvalue weighted by Gasteiger charge is 2.23. The number of rotatable bonds is 9. The summed E-state index contributed by atoms with van der Waals surface area (Å²) in [6.45, 7) is 0.169. The predicted octanol–water partition coefficient (Wildman–Crippen LogP) is 1.98. The van der Waals surface area contributed by atoms with E-state index in [1.165, 1.54) is 0 Å². The van der Waals surface area contributed by atoms with Crippen molar-refractivity contribution in [2.24, 2.45) is 0 Å². The number of benzene rings is 2. The van der Waals surface area contributed by atoms with Crippen LogP contribution in [-0.4, -0.2) is 24.4 Å². The van der Waals surface area contributed by atoms with Gasteiger partial charge in [-0.15, -0.1) is 0 Å². The number of esters is 2. The number of ether oxygens (including phenoxy) is 2. The van der Waals surface area contributed by atoms with Crippen LogP contribution in [0, 0.1) is 0 Å². The first-order valence-electron chi connectivity index (χ1n) is 7.79. The Kier molecular flexibility index (Phi) is 7.18. The van der Waals surface area contributed by atoms with Crippen molar-refractivity contribution in [3.8, 4) is 0 Å². The maximum atomic E-state index is 12.1. The Morgan fingerprint density at radius 1 is 0.880 bits per heavy atom. The lowest BCUT2D eigenvalue weighted by molar-refractivity contribution is -0.154. The summed E-state index contributed by atoms with van der Waals surface area (Å²) in [7, 11) is 0. The van der Waals surface area contributed by atoms with Crippen molar-refractivity contribution in [1.29, 1.82) is 0 Å². The minimum absolute atomic E-state index is 0.0653. The highest BCUT2D eigenvalue weighted by molar-refractivity contribution is 5.84. The summed E-state index contributed by atoms with van der Waals surface area (Å²) in [6.07, 6.45) is 0.0676. The fourth-order valence-corrected chi connectivity index (χ4v) is 2.09. The number of hydrogen-bond donors (Lipinski definition) is 1. The molecule has 25 heavy (non-hydrogen) atoms. The molecule has 0 radical (unpaired) electrons. The van der Waals surface area contributed by atoms with Gasteiger partial charge in [0.05, 0.1) is 6.42 Å². The third-order valence-electron chi connectivity index (χ3n) is 3.39. The van der Waals surface area contributed by atoms with E-state index in [1.807, 2.05) is 60.7 Å². The Bertz CT molecular complexity index is 687. The smallest absolute Gasteiger partial charge is 0.329 e. The van der Waals surface area contributed by atoms with Crippen molar-refractivity contribution in [1.82, 2.24) is 5.32 Å². The number of amides is 1. The molecule has 0 aliphatic carbocycles. The highest BCUT2D eigenvalue weighted by Crippen LogP contribution is 2.06. The van der Waals surface area contributed by atoms with E-state index in [-0.39, 0.29) is 19.6 Å². The zero-order valence-electron chi connectivity index (χ0n) is 13.6. The lowest BCUT2D eigenvalue weighted by Crippen LogP contribution is -2.39. The van der Waals surface area contributed by atoms with Gasteiger partial charge in [-0.3, -0.25) is 9.59 Å². The third-order valence-corrected chi connectivity index (χ3v) is 3.39. The van der Waals surface area contributed by atoms with Crippen LogP contribution in [0.25, 0.3) is 0 Å². The lowest BCUT2D eigenvalue weighted by Gasteiger charge is -2.15. The molecule has 1 amide bonds. The molecule has 0 aliphatic rings. The van der Waals surface area contributed by atoms with Crippen molar-refractivity contribution >= 4 is 18.3 Å². The topological polar surface area (TPSA) is 81.7 Å². The van der Waals surface area contributed by atoms with Gasteiger partial charge in [0.2, 0.25) is 6.41 Å². The number of carbonyl (C=O) groups is 3. The summed E-state index contributed by atoms with van der Waals surface area (Å²) in [4.78, 5) is 34.6. The number of carbonyl (C=O) groups excluding carboxylic acids is 3. The van der Waals surface area contributed by atoms with E-state index in [9.17, 15) is 14.4 Å². The van der Waals surface area contributed by atoms with E-state index in [2.05, 4.69) is 5.32 Å². The summed E-state index contributed by atoms with van der Waals surface area (Å²) >= 11 is 0. The van der Waals surface area contributed by atoms with Gasteiger partial charge in [0, 0.05) is 0 Å². The van der Waals surface area contributed by atoms with Gasteiger partial charge >= 0.3 is 11.9 Å². The molecule has 0 aromatic heterocycles. The Balaban J connectivity index is 1.82. The zero-order valence-corrected chi connectivity index (χ0v) is 13.6. The first kappa shape index (κ1) is 18.2. The molecule has 6 heteroatoms. The average molecular weight is 341 g/mol. The first-order chi connectivity index (χ1) is 12.2. The van der Waals surface area contributed by atoms with Gasteiger partial charge in [0.15, 0.2) is 0 Å². The Morgan fingerprint density at radius 3 is 1.92 bits per heavy atom. The molecule has 6 nitrogen and oxygen atoms in total. The van der Waals surface area contributed by atoms with Crippen molar-refractivity contribution < 1.29 is 23.9 Å². The molecule has 1 N–H and O–H groups in total. The monoisotopic (exact) mass is 341 g/mol. The fraction of sp³-hybridized carbons (Fsp3) is 0.211. The minimum atomic E-state index is -1.08. The second-order valence-corrected chi connectivity index (χ2v) is 5.28. The van der Waals surface area contributed by atoms with Gasteiger partial charge in [-0.05, 0) is 11.1 Å². The third kappa shape index (κ3) is 6.47. The van der Waals surface area contributed by atoms with E-state index >= 15 is 0 Å². The van der Waals surface area contributed by atoms with Crippen LogP contribution in [0.2, 0.25) is 0 Å². The van der Waals surface area contributed by atoms with Gasteiger partial charge in [-0.25, -0.2) is 4.79 Å². The zero-order chi connectivity index (χ0) is 17.9. The quantitative estimate of drug-likeness (QED) is 0.557. The van der Waals surface area contributed by atoms with Crippen LogP contribution in [0.15, 0.2) is 60.7 Å². The molecular formula is C19H19NO5. The predicted molar refractivity (Wildman–Crippen MR) is 90.1 cm³/mol. The Labute approximate surface area is 145 Å². The Morgan fingerprint density at radius 2 is 1.40 bits per heavy atom. The van der Waals surface area contributed by atoms with Gasteiger partial charge in [0.1, 0.15) is 19.3 Å². The molecule has 130 valence electrons. The Hall–Kier alpha value is -3.15. The van der Waals surface area contributed by atoms with Crippen LogP contribution in [0.5, 0.6) is 0 Å². The number of hydrogen-bond acceptors (Lipinski definition) is 5. The van der Waals surface area contributed by atoms with Crippen LogP contribution in [0.3, 0.4) is 0 Å². The molecule has 0 heterocycles. The van der Waals surface area contributed by atoms with E-state index in [0.29, 0.717) is 6.41 Å². The van der Waals surface area contributed by atoms with E-state index in [4.69, 9.17) is 9.47 Å². The largest absolute Gasteiger partial charge is 0.461 e. The van der Waals surface area contributed by atoms with Gasteiger partial charge < -0.3 is 14.8 Å². The maximum absolute atomic E-state index is 12.1. The molecule has 2 aromatic rings. The molecule has 0 saturated carbocycles. The van der Waals surface area contributed by atoms with Crippen LogP contribution >= 0.6 is 0 Å². The summed E-state index contributed by atoms with van der Waals surface area (Å²) in [5, 5.41) is 2.29. The van der Waals surface area contributed by atoms with Crippen molar-refractivity contribution in [3.05, 3.63) is 71.8 Å². The molecule has 2 rings (SSSR count). The van der Waals surface area contributed by atoms with Crippen molar-refractivity contribution in [3.63, 3.8) is 0 Å². The lowest BCUT2D eigenvalue weighted by atomic mass is 10.2. The molecule has 0 saturated heterocycles. The minimum Gasteiger partial charge on any atom is -0.461 e. The summed E-state index contributed by atoms with van der Waals surface area (Å²) < 4.78 is 10.3. The van der Waals surface area contributed by atoms with Crippen LogP contribution < -0.4 is 5.32 Å². The number of nitrogens with one attached hydrogen (secondary N) is 1. The van der Waals surface area contributed by atoms with Crippen LogP contribution in [-0.2, 0) is 37.1 Å². The molecule has 1 unspecified atom stereocenters. The van der Waals surface area contributed by atoms with Crippen LogP contribution in [0.4, 0.5) is 0 Å². The molecule has 2 aromatic carbocycles.